The number of amides is 1. The van der Waals surface area contributed by atoms with Crippen LogP contribution in [0.25, 0.3) is 0 Å². The van der Waals surface area contributed by atoms with E-state index < -0.39 is 12.1 Å². The fraction of sp³-hybridized carbons (Fsp3) is 0.364. The molecule has 1 aliphatic heterocycles. The Bertz CT molecular complexity index is 464. The summed E-state index contributed by atoms with van der Waals surface area (Å²) in [6.45, 7) is 0. The first kappa shape index (κ1) is 12.0. The minimum Gasteiger partial charge on any atom is -0.343 e. The van der Waals surface area contributed by atoms with Crippen LogP contribution in [0.15, 0.2) is 28.7 Å². The number of halogens is 1. The summed E-state index contributed by atoms with van der Waals surface area (Å²) in [5, 5.41) is 13.7. The molecule has 6 heteroatoms. The quantitative estimate of drug-likeness (QED) is 0.671. The van der Waals surface area contributed by atoms with Crippen molar-refractivity contribution >= 4 is 21.8 Å². The van der Waals surface area contributed by atoms with E-state index in [-0.39, 0.29) is 23.7 Å². The van der Waals surface area contributed by atoms with Gasteiger partial charge in [0.25, 0.3) is 0 Å². The van der Waals surface area contributed by atoms with Gasteiger partial charge in [-0.1, -0.05) is 34.1 Å². The van der Waals surface area contributed by atoms with Crippen molar-refractivity contribution < 1.29 is 9.72 Å². The SMILES string of the molecule is O=C1CC[C@@H]([N+](=O)[O-])[C@@H](c2ccccc2Br)N1. The molecule has 0 spiro atoms. The third kappa shape index (κ3) is 2.46. The monoisotopic (exact) mass is 298 g/mol. The Morgan fingerprint density at radius 3 is 2.76 bits per heavy atom. The standard InChI is InChI=1S/C11H11BrN2O3/c12-8-4-2-1-3-7(8)11-9(14(16)17)5-6-10(15)13-11/h1-4,9,11H,5-6H2,(H,13,15)/t9-,11-/m1/s1. The summed E-state index contributed by atoms with van der Waals surface area (Å²) in [5.74, 6) is -0.135. The normalized spacial score (nSPS) is 24.2. The number of benzene rings is 1. The second-order valence-corrected chi connectivity index (χ2v) is 4.81. The molecule has 1 amide bonds. The molecule has 5 nitrogen and oxygen atoms in total. The molecule has 0 saturated carbocycles. The summed E-state index contributed by atoms with van der Waals surface area (Å²) in [5.41, 5.74) is 0.752. The molecule has 0 radical (unpaired) electrons. The lowest BCUT2D eigenvalue weighted by molar-refractivity contribution is -0.529. The van der Waals surface area contributed by atoms with Crippen molar-refractivity contribution in [2.24, 2.45) is 0 Å². The van der Waals surface area contributed by atoms with Crippen LogP contribution in [0.4, 0.5) is 0 Å². The van der Waals surface area contributed by atoms with Crippen LogP contribution in [-0.4, -0.2) is 16.9 Å². The summed E-state index contributed by atoms with van der Waals surface area (Å²) in [7, 11) is 0. The predicted molar refractivity (Wildman–Crippen MR) is 65.0 cm³/mol. The van der Waals surface area contributed by atoms with E-state index in [2.05, 4.69) is 21.2 Å². The van der Waals surface area contributed by atoms with Crippen LogP contribution in [0.1, 0.15) is 24.4 Å². The van der Waals surface area contributed by atoms with Gasteiger partial charge in [-0.05, 0) is 11.6 Å². The van der Waals surface area contributed by atoms with Crippen molar-refractivity contribution in [3.8, 4) is 0 Å². The summed E-state index contributed by atoms with van der Waals surface area (Å²) >= 11 is 3.35. The molecule has 2 atom stereocenters. The number of carbonyl (C=O) groups is 1. The lowest BCUT2D eigenvalue weighted by Crippen LogP contribution is -2.45. The van der Waals surface area contributed by atoms with Crippen molar-refractivity contribution in [3.05, 3.63) is 44.4 Å². The third-order valence-electron chi connectivity index (χ3n) is 2.88. The molecule has 0 aromatic heterocycles. The first-order valence-corrected chi connectivity index (χ1v) is 6.06. The zero-order valence-corrected chi connectivity index (χ0v) is 10.5. The van der Waals surface area contributed by atoms with Gasteiger partial charge in [0.05, 0.1) is 0 Å². The fourth-order valence-electron chi connectivity index (χ4n) is 2.03. The van der Waals surface area contributed by atoms with Crippen LogP contribution in [0.2, 0.25) is 0 Å². The Labute approximate surface area is 106 Å². The van der Waals surface area contributed by atoms with Gasteiger partial charge in [0.1, 0.15) is 6.04 Å². The molecule has 0 aliphatic carbocycles. The van der Waals surface area contributed by atoms with Gasteiger partial charge in [0.2, 0.25) is 11.9 Å². The maximum absolute atomic E-state index is 11.4. The second-order valence-electron chi connectivity index (χ2n) is 3.96. The molecule has 1 fully saturated rings. The average Bonchev–Trinajstić information content (AvgIpc) is 2.29. The lowest BCUT2D eigenvalue weighted by atomic mass is 9.92. The van der Waals surface area contributed by atoms with Gasteiger partial charge in [-0.2, -0.15) is 0 Å². The van der Waals surface area contributed by atoms with Crippen LogP contribution in [-0.2, 0) is 4.79 Å². The van der Waals surface area contributed by atoms with Gasteiger partial charge in [-0.3, -0.25) is 14.9 Å². The van der Waals surface area contributed by atoms with E-state index in [9.17, 15) is 14.9 Å². The fourth-order valence-corrected chi connectivity index (χ4v) is 2.56. The zero-order valence-electron chi connectivity index (χ0n) is 8.93. The molecule has 1 aliphatic rings. The highest BCUT2D eigenvalue weighted by molar-refractivity contribution is 9.10. The molecular formula is C11H11BrN2O3. The predicted octanol–water partition coefficient (Wildman–Crippen LogP) is 2.05. The Hall–Kier alpha value is -1.43. The molecule has 1 aromatic carbocycles. The molecule has 17 heavy (non-hydrogen) atoms. The smallest absolute Gasteiger partial charge is 0.237 e. The third-order valence-corrected chi connectivity index (χ3v) is 3.60. The number of hydrogen-bond donors (Lipinski definition) is 1. The lowest BCUT2D eigenvalue weighted by Gasteiger charge is -2.27. The second kappa shape index (κ2) is 4.83. The Morgan fingerprint density at radius 1 is 1.41 bits per heavy atom. The molecule has 0 unspecified atom stereocenters. The van der Waals surface area contributed by atoms with Gasteiger partial charge in [-0.15, -0.1) is 0 Å². The largest absolute Gasteiger partial charge is 0.343 e. The van der Waals surface area contributed by atoms with Gasteiger partial charge < -0.3 is 5.32 Å². The number of nitrogens with one attached hydrogen (secondary N) is 1. The topological polar surface area (TPSA) is 72.2 Å². The number of hydrogen-bond acceptors (Lipinski definition) is 3. The van der Waals surface area contributed by atoms with Crippen LogP contribution in [0.5, 0.6) is 0 Å². The van der Waals surface area contributed by atoms with Crippen molar-refractivity contribution in [1.82, 2.24) is 5.32 Å². The van der Waals surface area contributed by atoms with Crippen molar-refractivity contribution in [2.75, 3.05) is 0 Å². The molecule has 1 aromatic rings. The Kier molecular flexibility index (Phi) is 3.42. The summed E-state index contributed by atoms with van der Waals surface area (Å²) in [4.78, 5) is 22.1. The van der Waals surface area contributed by atoms with E-state index in [4.69, 9.17) is 0 Å². The van der Waals surface area contributed by atoms with Crippen LogP contribution in [0, 0.1) is 10.1 Å². The van der Waals surface area contributed by atoms with E-state index in [1.807, 2.05) is 12.1 Å². The highest BCUT2D eigenvalue weighted by atomic mass is 79.9. The van der Waals surface area contributed by atoms with Crippen LogP contribution in [0.3, 0.4) is 0 Å². The first-order chi connectivity index (χ1) is 8.09. The van der Waals surface area contributed by atoms with Crippen LogP contribution >= 0.6 is 15.9 Å². The zero-order chi connectivity index (χ0) is 12.4. The van der Waals surface area contributed by atoms with Crippen molar-refractivity contribution in [1.29, 1.82) is 0 Å². The number of nitrogens with zero attached hydrogens (tertiary/aromatic N) is 1. The summed E-state index contributed by atoms with van der Waals surface area (Å²) in [6.07, 6.45) is 0.497. The molecular weight excluding hydrogens is 288 g/mol. The van der Waals surface area contributed by atoms with E-state index in [0.717, 1.165) is 10.0 Å². The highest BCUT2D eigenvalue weighted by Crippen LogP contribution is 2.30. The summed E-state index contributed by atoms with van der Waals surface area (Å²) < 4.78 is 0.777. The summed E-state index contributed by atoms with van der Waals surface area (Å²) in [6, 6.07) is 5.93. The number of carbonyl (C=O) groups excluding carboxylic acids is 1. The van der Waals surface area contributed by atoms with Crippen molar-refractivity contribution in [3.63, 3.8) is 0 Å². The van der Waals surface area contributed by atoms with E-state index >= 15 is 0 Å². The molecule has 90 valence electrons. The van der Waals surface area contributed by atoms with Crippen LogP contribution < -0.4 is 5.32 Å². The molecule has 1 heterocycles. The van der Waals surface area contributed by atoms with E-state index in [0.29, 0.717) is 0 Å². The van der Waals surface area contributed by atoms with Gasteiger partial charge in [0.15, 0.2) is 0 Å². The number of nitro groups is 1. The minimum atomic E-state index is -0.758. The minimum absolute atomic E-state index is 0.135. The molecule has 2 rings (SSSR count). The van der Waals surface area contributed by atoms with E-state index in [1.165, 1.54) is 0 Å². The first-order valence-electron chi connectivity index (χ1n) is 5.27. The maximum atomic E-state index is 11.4. The Balaban J connectivity index is 2.35. The molecule has 1 saturated heterocycles. The van der Waals surface area contributed by atoms with Gasteiger partial charge in [-0.25, -0.2) is 0 Å². The van der Waals surface area contributed by atoms with Crippen molar-refractivity contribution in [2.45, 2.75) is 24.9 Å². The average molecular weight is 299 g/mol. The van der Waals surface area contributed by atoms with Gasteiger partial charge >= 0.3 is 0 Å². The molecule has 0 bridgehead atoms. The highest BCUT2D eigenvalue weighted by Gasteiger charge is 2.38. The Morgan fingerprint density at radius 2 is 2.12 bits per heavy atom. The number of rotatable bonds is 2. The molecule has 1 N–H and O–H groups in total. The van der Waals surface area contributed by atoms with E-state index in [1.54, 1.807) is 12.1 Å². The van der Waals surface area contributed by atoms with Gasteiger partial charge in [0, 0.05) is 22.2 Å². The number of piperidine rings is 1. The maximum Gasteiger partial charge on any atom is 0.237 e.